The van der Waals surface area contributed by atoms with Gasteiger partial charge in [-0.1, -0.05) is 33.7 Å². The van der Waals surface area contributed by atoms with Gasteiger partial charge < -0.3 is 10.1 Å². The van der Waals surface area contributed by atoms with Crippen LogP contribution in [0.2, 0.25) is 0 Å². The van der Waals surface area contributed by atoms with Crippen LogP contribution in [0.1, 0.15) is 25.3 Å². The van der Waals surface area contributed by atoms with E-state index in [0.717, 1.165) is 5.56 Å². The maximum absolute atomic E-state index is 12.0. The van der Waals surface area contributed by atoms with Gasteiger partial charge in [0.2, 0.25) is 17.7 Å². The standard InChI is InChI=1S/C19H20N2O6S2/c1-12(22)19(28-29-19)15(23)10-27-11-16(24)20-14-5-2-13(3-6-14)4-7-17(25)21-9-8-18(21)26/h2-3,5-6H,4,7-11H2,1H3,(H,20,24). The van der Waals surface area contributed by atoms with Crippen LogP contribution < -0.4 is 5.32 Å². The van der Waals surface area contributed by atoms with E-state index in [0.29, 0.717) is 25.1 Å². The Kier molecular flexibility index (Phi) is 6.76. The number of anilines is 1. The van der Waals surface area contributed by atoms with E-state index in [1.807, 2.05) is 0 Å². The number of hydrogen-bond donors (Lipinski definition) is 1. The number of aryl methyl sites for hydroxylation is 1. The van der Waals surface area contributed by atoms with Crippen molar-refractivity contribution < 1.29 is 28.7 Å². The SMILES string of the molecule is CC(=O)C1(C(=O)COCC(=O)Nc2ccc(CCC(=O)N3CCC3=O)cc2)SS1. The van der Waals surface area contributed by atoms with Crippen LogP contribution in [0.3, 0.4) is 0 Å². The summed E-state index contributed by atoms with van der Waals surface area (Å²) in [5.41, 5.74) is 1.48. The maximum Gasteiger partial charge on any atom is 0.250 e. The van der Waals surface area contributed by atoms with Crippen molar-refractivity contribution in [3.63, 3.8) is 0 Å². The number of carbonyl (C=O) groups excluding carboxylic acids is 5. The van der Waals surface area contributed by atoms with Crippen molar-refractivity contribution in [3.8, 4) is 0 Å². The fourth-order valence-corrected chi connectivity index (χ4v) is 4.83. The molecule has 1 N–H and O–H groups in total. The highest BCUT2D eigenvalue weighted by atomic mass is 33.2. The molecule has 0 aliphatic carbocycles. The van der Waals surface area contributed by atoms with Gasteiger partial charge in [-0.05, 0) is 31.0 Å². The van der Waals surface area contributed by atoms with Gasteiger partial charge in [0.05, 0.1) is 0 Å². The summed E-state index contributed by atoms with van der Waals surface area (Å²) in [6.45, 7) is 1.28. The normalized spacial score (nSPS) is 16.7. The minimum absolute atomic E-state index is 0.122. The van der Waals surface area contributed by atoms with Crippen LogP contribution >= 0.6 is 21.6 Å². The number of ketones is 2. The molecule has 2 heterocycles. The minimum atomic E-state index is -1.05. The molecule has 1 aromatic carbocycles. The second kappa shape index (κ2) is 9.10. The van der Waals surface area contributed by atoms with Crippen LogP contribution in [0, 0.1) is 0 Å². The summed E-state index contributed by atoms with van der Waals surface area (Å²) < 4.78 is 4.09. The molecule has 0 saturated carbocycles. The Hall–Kier alpha value is -2.17. The summed E-state index contributed by atoms with van der Waals surface area (Å²) in [6.07, 6.45) is 1.21. The second-order valence-corrected chi connectivity index (χ2v) is 9.51. The maximum atomic E-state index is 12.0. The predicted molar refractivity (Wildman–Crippen MR) is 109 cm³/mol. The Bertz CT molecular complexity index is 851. The molecule has 2 fully saturated rings. The number of rotatable bonds is 10. The van der Waals surface area contributed by atoms with E-state index in [9.17, 15) is 24.0 Å². The number of amides is 3. The Labute approximate surface area is 175 Å². The molecule has 29 heavy (non-hydrogen) atoms. The van der Waals surface area contributed by atoms with E-state index in [2.05, 4.69) is 5.32 Å². The summed E-state index contributed by atoms with van der Waals surface area (Å²) in [6, 6.07) is 7.01. The third-order valence-electron chi connectivity index (χ3n) is 4.56. The molecule has 0 aromatic heterocycles. The molecule has 2 aliphatic heterocycles. The van der Waals surface area contributed by atoms with E-state index in [-0.39, 0.29) is 43.0 Å². The van der Waals surface area contributed by atoms with Crippen LogP contribution in [0.25, 0.3) is 0 Å². The summed E-state index contributed by atoms with van der Waals surface area (Å²) in [5, 5.41) is 2.65. The molecular weight excluding hydrogens is 416 g/mol. The van der Waals surface area contributed by atoms with Crippen molar-refractivity contribution in [3.05, 3.63) is 29.8 Å². The average Bonchev–Trinajstić information content (AvgIpc) is 3.48. The highest BCUT2D eigenvalue weighted by Crippen LogP contribution is 2.65. The molecule has 2 aliphatic rings. The number of imide groups is 1. The highest BCUT2D eigenvalue weighted by molar-refractivity contribution is 8.94. The van der Waals surface area contributed by atoms with Gasteiger partial charge in [0.1, 0.15) is 13.2 Å². The molecular formula is C19H20N2O6S2. The molecule has 8 nitrogen and oxygen atoms in total. The van der Waals surface area contributed by atoms with Crippen molar-refractivity contribution in [1.29, 1.82) is 0 Å². The number of benzene rings is 1. The zero-order valence-electron chi connectivity index (χ0n) is 15.8. The van der Waals surface area contributed by atoms with Crippen molar-refractivity contribution in [2.24, 2.45) is 0 Å². The number of hydrogen-bond acceptors (Lipinski definition) is 8. The van der Waals surface area contributed by atoms with Crippen LogP contribution in [0.5, 0.6) is 0 Å². The Balaban J connectivity index is 1.37. The van der Waals surface area contributed by atoms with E-state index < -0.39 is 9.99 Å². The number of Topliss-reactive ketones (excluding diaryl/α,β-unsaturated/α-hetero) is 2. The van der Waals surface area contributed by atoms with Crippen molar-refractivity contribution >= 4 is 56.6 Å². The zero-order chi connectivity index (χ0) is 21.0. The van der Waals surface area contributed by atoms with Gasteiger partial charge in [-0.3, -0.25) is 28.9 Å². The largest absolute Gasteiger partial charge is 0.364 e. The second-order valence-electron chi connectivity index (χ2n) is 6.69. The number of nitrogens with one attached hydrogen (secondary N) is 1. The van der Waals surface area contributed by atoms with Crippen LogP contribution in [0.4, 0.5) is 5.69 Å². The Morgan fingerprint density at radius 2 is 1.83 bits per heavy atom. The number of β-lactam (4-membered cyclic amide) rings is 1. The first kappa shape index (κ1) is 21.5. The molecule has 3 amide bonds. The monoisotopic (exact) mass is 436 g/mol. The zero-order valence-corrected chi connectivity index (χ0v) is 17.4. The molecule has 0 radical (unpaired) electrons. The fourth-order valence-electron chi connectivity index (χ4n) is 2.70. The fraction of sp³-hybridized carbons (Fsp3) is 0.421. The molecule has 3 rings (SSSR count). The first-order chi connectivity index (χ1) is 13.8. The van der Waals surface area contributed by atoms with E-state index in [4.69, 9.17) is 4.74 Å². The Morgan fingerprint density at radius 1 is 1.14 bits per heavy atom. The van der Waals surface area contributed by atoms with E-state index >= 15 is 0 Å². The van der Waals surface area contributed by atoms with Crippen molar-refractivity contribution in [2.75, 3.05) is 25.1 Å². The lowest BCUT2D eigenvalue weighted by atomic mass is 10.1. The first-order valence-electron chi connectivity index (χ1n) is 9.03. The van der Waals surface area contributed by atoms with Gasteiger partial charge in [0.25, 0.3) is 0 Å². The van der Waals surface area contributed by atoms with Crippen LogP contribution in [-0.4, -0.2) is 58.0 Å². The highest BCUT2D eigenvalue weighted by Gasteiger charge is 2.57. The number of likely N-dealkylation sites (tertiary alicyclic amines) is 1. The average molecular weight is 437 g/mol. The molecule has 10 heteroatoms. The molecule has 0 bridgehead atoms. The molecule has 0 spiro atoms. The van der Waals surface area contributed by atoms with Gasteiger partial charge in [0, 0.05) is 25.1 Å². The van der Waals surface area contributed by atoms with Crippen LogP contribution in [-0.2, 0) is 35.1 Å². The molecule has 0 atom stereocenters. The van der Waals surface area contributed by atoms with E-state index in [1.54, 1.807) is 24.3 Å². The minimum Gasteiger partial charge on any atom is -0.364 e. The summed E-state index contributed by atoms with van der Waals surface area (Å²) >= 11 is 0. The summed E-state index contributed by atoms with van der Waals surface area (Å²) in [4.78, 5) is 59.7. The van der Waals surface area contributed by atoms with Gasteiger partial charge >= 0.3 is 0 Å². The summed E-state index contributed by atoms with van der Waals surface area (Å²) in [5.74, 6) is -1.26. The summed E-state index contributed by atoms with van der Waals surface area (Å²) in [7, 11) is 2.41. The Morgan fingerprint density at radius 3 is 2.34 bits per heavy atom. The number of ether oxygens (including phenoxy) is 1. The quantitative estimate of drug-likeness (QED) is 0.255. The first-order valence-corrected chi connectivity index (χ1v) is 11.2. The molecule has 2 saturated heterocycles. The lowest BCUT2D eigenvalue weighted by molar-refractivity contribution is -0.152. The number of nitrogens with zero attached hydrogens (tertiary/aromatic N) is 1. The van der Waals surface area contributed by atoms with Crippen molar-refractivity contribution in [1.82, 2.24) is 4.90 Å². The number of carbonyl (C=O) groups is 5. The van der Waals surface area contributed by atoms with Gasteiger partial charge in [0.15, 0.2) is 15.6 Å². The van der Waals surface area contributed by atoms with Crippen molar-refractivity contribution in [2.45, 2.75) is 30.3 Å². The smallest absolute Gasteiger partial charge is 0.250 e. The lowest BCUT2D eigenvalue weighted by Gasteiger charge is -2.28. The lowest BCUT2D eigenvalue weighted by Crippen LogP contribution is -2.47. The predicted octanol–water partition coefficient (Wildman–Crippen LogP) is 1.58. The third kappa shape index (κ3) is 5.26. The van der Waals surface area contributed by atoms with Gasteiger partial charge in [-0.15, -0.1) is 0 Å². The molecule has 154 valence electrons. The topological polar surface area (TPSA) is 110 Å². The van der Waals surface area contributed by atoms with Gasteiger partial charge in [-0.2, -0.15) is 0 Å². The van der Waals surface area contributed by atoms with Crippen LogP contribution in [0.15, 0.2) is 24.3 Å². The molecule has 1 aromatic rings. The molecule has 0 unspecified atom stereocenters. The van der Waals surface area contributed by atoms with Gasteiger partial charge in [-0.25, -0.2) is 0 Å². The van der Waals surface area contributed by atoms with E-state index in [1.165, 1.54) is 33.4 Å². The third-order valence-corrected chi connectivity index (χ3v) is 7.59.